The van der Waals surface area contributed by atoms with Crippen molar-refractivity contribution in [2.45, 2.75) is 11.8 Å². The van der Waals surface area contributed by atoms with Crippen molar-refractivity contribution in [3.63, 3.8) is 0 Å². The van der Waals surface area contributed by atoms with E-state index in [0.29, 0.717) is 23.1 Å². The highest BCUT2D eigenvalue weighted by Gasteiger charge is 2.19. The zero-order valence-corrected chi connectivity index (χ0v) is 15.4. The minimum atomic E-state index is -0.451. The topological polar surface area (TPSA) is 84.7 Å². The van der Waals surface area contributed by atoms with Gasteiger partial charge in [-0.25, -0.2) is 9.97 Å². The van der Waals surface area contributed by atoms with Crippen molar-refractivity contribution in [3.8, 4) is 5.75 Å². The molecule has 6 nitrogen and oxygen atoms in total. The van der Waals surface area contributed by atoms with E-state index in [1.54, 1.807) is 24.3 Å². The van der Waals surface area contributed by atoms with Crippen LogP contribution in [0.5, 0.6) is 5.75 Å². The van der Waals surface area contributed by atoms with Crippen LogP contribution in [0.2, 0.25) is 0 Å². The predicted molar refractivity (Wildman–Crippen MR) is 104 cm³/mol. The molecule has 0 aliphatic carbocycles. The number of hydrogen-bond donors (Lipinski definition) is 1. The number of nitrogens with zero attached hydrogens (tertiary/aromatic N) is 3. The lowest BCUT2D eigenvalue weighted by Gasteiger charge is -2.08. The molecule has 3 rings (SSSR count). The summed E-state index contributed by atoms with van der Waals surface area (Å²) in [5, 5.41) is 13.0. The summed E-state index contributed by atoms with van der Waals surface area (Å²) in [5.74, 6) is 0.0999. The van der Waals surface area contributed by atoms with E-state index in [1.165, 1.54) is 24.0 Å². The third-order valence-corrected chi connectivity index (χ3v) is 4.28. The molecule has 0 aliphatic heterocycles. The molecule has 1 aromatic heterocycles. The summed E-state index contributed by atoms with van der Waals surface area (Å²) in [6.07, 6.45) is 3.34. The van der Waals surface area contributed by atoms with E-state index in [0.717, 1.165) is 5.56 Å². The molecule has 2 aromatic carbocycles. The van der Waals surface area contributed by atoms with E-state index in [-0.39, 0.29) is 11.4 Å². The molecule has 0 fully saturated rings. The van der Waals surface area contributed by atoms with Crippen molar-refractivity contribution >= 4 is 23.3 Å². The summed E-state index contributed by atoms with van der Waals surface area (Å²) in [6, 6.07) is 18.0. The second-order valence-corrected chi connectivity index (χ2v) is 6.28. The second-order valence-electron chi connectivity index (χ2n) is 5.51. The van der Waals surface area contributed by atoms with Crippen LogP contribution >= 0.6 is 11.8 Å². The Hall–Kier alpha value is -3.19. The van der Waals surface area contributed by atoms with Gasteiger partial charge in [0, 0.05) is 11.8 Å². The summed E-state index contributed by atoms with van der Waals surface area (Å²) in [4.78, 5) is 21.1. The number of hydrogen-bond acceptors (Lipinski definition) is 7. The van der Waals surface area contributed by atoms with Crippen LogP contribution in [0.1, 0.15) is 21.6 Å². The summed E-state index contributed by atoms with van der Waals surface area (Å²) >= 11 is 1.34. The van der Waals surface area contributed by atoms with Crippen molar-refractivity contribution in [1.82, 2.24) is 9.97 Å². The molecule has 0 bridgehead atoms. The van der Waals surface area contributed by atoms with E-state index in [2.05, 4.69) is 15.1 Å². The number of rotatable bonds is 7. The standard InChI is InChI=1S/C20H17N3O3S/c1-27-20-21-11-10-17(22-20)18(23-25)19(24)15-8-5-9-16(12-15)26-13-14-6-3-2-4-7-14/h2-12,25H,13H2,1H3/b23-18+. The van der Waals surface area contributed by atoms with Gasteiger partial charge in [-0.2, -0.15) is 0 Å². The van der Waals surface area contributed by atoms with Gasteiger partial charge in [-0.05, 0) is 30.0 Å². The van der Waals surface area contributed by atoms with Gasteiger partial charge >= 0.3 is 0 Å². The van der Waals surface area contributed by atoms with Crippen LogP contribution in [0.15, 0.2) is 77.2 Å². The van der Waals surface area contributed by atoms with Gasteiger partial charge < -0.3 is 9.94 Å². The Kier molecular flexibility index (Phi) is 6.17. The zero-order valence-electron chi connectivity index (χ0n) is 14.6. The number of aromatic nitrogens is 2. The molecule has 0 atom stereocenters. The zero-order chi connectivity index (χ0) is 19.1. The highest BCUT2D eigenvalue weighted by Crippen LogP contribution is 2.18. The van der Waals surface area contributed by atoms with Gasteiger partial charge in [0.1, 0.15) is 18.1 Å². The smallest absolute Gasteiger partial charge is 0.217 e. The number of thioether (sulfide) groups is 1. The quantitative estimate of drug-likeness (QED) is 0.168. The first-order chi connectivity index (χ1) is 13.2. The molecule has 0 unspecified atom stereocenters. The van der Waals surface area contributed by atoms with Gasteiger partial charge in [0.15, 0.2) is 10.9 Å². The van der Waals surface area contributed by atoms with Crippen LogP contribution in [0.25, 0.3) is 0 Å². The lowest BCUT2D eigenvalue weighted by atomic mass is 10.0. The van der Waals surface area contributed by atoms with Gasteiger partial charge in [0.2, 0.25) is 5.78 Å². The largest absolute Gasteiger partial charge is 0.489 e. The third-order valence-electron chi connectivity index (χ3n) is 3.72. The van der Waals surface area contributed by atoms with E-state index < -0.39 is 5.78 Å². The first-order valence-corrected chi connectivity index (χ1v) is 9.34. The molecule has 1 N–H and O–H groups in total. The van der Waals surface area contributed by atoms with Crippen LogP contribution in [-0.2, 0) is 6.61 Å². The monoisotopic (exact) mass is 379 g/mol. The maximum Gasteiger partial charge on any atom is 0.217 e. The fraction of sp³-hybridized carbons (Fsp3) is 0.100. The summed E-state index contributed by atoms with van der Waals surface area (Å²) < 4.78 is 5.75. The van der Waals surface area contributed by atoms with E-state index in [9.17, 15) is 10.0 Å². The number of ether oxygens (including phenoxy) is 1. The number of benzene rings is 2. The Morgan fingerprint density at radius 3 is 2.70 bits per heavy atom. The number of oxime groups is 1. The minimum Gasteiger partial charge on any atom is -0.489 e. The summed E-state index contributed by atoms with van der Waals surface area (Å²) in [7, 11) is 0. The maximum atomic E-state index is 12.8. The van der Waals surface area contributed by atoms with Crippen molar-refractivity contribution in [3.05, 3.63) is 83.7 Å². The molecule has 3 aromatic rings. The van der Waals surface area contributed by atoms with Crippen LogP contribution in [0, 0.1) is 0 Å². The molecular formula is C20H17N3O3S. The SMILES string of the molecule is CSc1nccc(/C(=N\O)C(=O)c2cccc(OCc3ccccc3)c2)n1. The van der Waals surface area contributed by atoms with Crippen LogP contribution in [0.4, 0.5) is 0 Å². The Labute approximate surface area is 160 Å². The molecule has 0 saturated heterocycles. The normalized spacial score (nSPS) is 11.2. The minimum absolute atomic E-state index is 0.145. The molecule has 0 aliphatic rings. The highest BCUT2D eigenvalue weighted by molar-refractivity contribution is 7.98. The van der Waals surface area contributed by atoms with E-state index in [4.69, 9.17) is 4.74 Å². The van der Waals surface area contributed by atoms with Gasteiger partial charge in [-0.3, -0.25) is 4.79 Å². The first kappa shape index (κ1) is 18.6. The summed E-state index contributed by atoms with van der Waals surface area (Å²) in [5.41, 5.74) is 1.49. The van der Waals surface area contributed by atoms with Crippen molar-refractivity contribution in [2.75, 3.05) is 6.26 Å². The predicted octanol–water partition coefficient (Wildman–Crippen LogP) is 3.84. The molecule has 1 heterocycles. The highest BCUT2D eigenvalue weighted by atomic mass is 32.2. The van der Waals surface area contributed by atoms with Crippen LogP contribution in [-0.4, -0.2) is 32.9 Å². The molecule has 0 radical (unpaired) electrons. The molecule has 0 spiro atoms. The first-order valence-electron chi connectivity index (χ1n) is 8.12. The van der Waals surface area contributed by atoms with Crippen LogP contribution in [0.3, 0.4) is 0 Å². The number of ketones is 1. The van der Waals surface area contributed by atoms with Crippen molar-refractivity contribution in [2.24, 2.45) is 5.16 Å². The number of carbonyl (C=O) groups excluding carboxylic acids is 1. The van der Waals surface area contributed by atoms with Crippen molar-refractivity contribution in [1.29, 1.82) is 0 Å². The molecule has 0 saturated carbocycles. The number of carbonyl (C=O) groups is 1. The maximum absolute atomic E-state index is 12.8. The molecular weight excluding hydrogens is 362 g/mol. The lowest BCUT2D eigenvalue weighted by molar-refractivity contribution is 0.106. The van der Waals surface area contributed by atoms with Crippen molar-refractivity contribution < 1.29 is 14.7 Å². The average molecular weight is 379 g/mol. The average Bonchev–Trinajstić information content (AvgIpc) is 2.74. The Morgan fingerprint density at radius 1 is 1.15 bits per heavy atom. The van der Waals surface area contributed by atoms with Gasteiger partial charge in [0.25, 0.3) is 0 Å². The van der Waals surface area contributed by atoms with Gasteiger partial charge in [-0.1, -0.05) is 59.4 Å². The molecule has 27 heavy (non-hydrogen) atoms. The fourth-order valence-corrected chi connectivity index (χ4v) is 2.74. The third kappa shape index (κ3) is 4.71. The Morgan fingerprint density at radius 2 is 1.96 bits per heavy atom. The Bertz CT molecular complexity index is 961. The van der Waals surface area contributed by atoms with Gasteiger partial charge in [-0.15, -0.1) is 0 Å². The molecule has 7 heteroatoms. The molecule has 136 valence electrons. The molecule has 0 amide bonds. The number of Topliss-reactive ketones (excluding diaryl/α,β-unsaturated/α-hetero) is 1. The fourth-order valence-electron chi connectivity index (χ4n) is 2.39. The lowest BCUT2D eigenvalue weighted by Crippen LogP contribution is -2.18. The van der Waals surface area contributed by atoms with E-state index >= 15 is 0 Å². The second kappa shape index (κ2) is 8.95. The van der Waals surface area contributed by atoms with E-state index in [1.807, 2.05) is 36.6 Å². The summed E-state index contributed by atoms with van der Waals surface area (Å²) in [6.45, 7) is 0.391. The van der Waals surface area contributed by atoms with Gasteiger partial charge in [0.05, 0.1) is 0 Å². The van der Waals surface area contributed by atoms with Crippen LogP contribution < -0.4 is 4.74 Å². The Balaban J connectivity index is 1.79.